The van der Waals surface area contributed by atoms with Crippen molar-refractivity contribution in [3.05, 3.63) is 131 Å². The number of ketones is 1. The molecule has 0 unspecified atom stereocenters. The first-order chi connectivity index (χ1) is 16.3. The first-order valence-electron chi connectivity index (χ1n) is 11.3. The minimum absolute atomic E-state index is 0.0727. The Morgan fingerprint density at radius 2 is 1.15 bits per heavy atom. The molecule has 1 aliphatic rings. The summed E-state index contributed by atoms with van der Waals surface area (Å²) in [4.78, 5) is 15.6. The highest BCUT2D eigenvalue weighted by Crippen LogP contribution is 2.43. The molecule has 1 aliphatic carbocycles. The summed E-state index contributed by atoms with van der Waals surface area (Å²) in [5.41, 5.74) is 6.17. The Labute approximate surface area is 192 Å². The van der Waals surface area contributed by atoms with Gasteiger partial charge in [-0.15, -0.1) is 0 Å². The molecular formula is C29H23N3O. The lowest BCUT2D eigenvalue weighted by Crippen LogP contribution is -2.41. The van der Waals surface area contributed by atoms with Crippen LogP contribution in [0, 0.1) is 0 Å². The van der Waals surface area contributed by atoms with Gasteiger partial charge in [0.1, 0.15) is 16.6 Å². The van der Waals surface area contributed by atoms with E-state index in [1.54, 1.807) is 0 Å². The average Bonchev–Trinajstić information content (AvgIpc) is 3.26. The summed E-state index contributed by atoms with van der Waals surface area (Å²) in [5, 5.41) is 9.90. The number of benzene rings is 4. The molecule has 0 aliphatic heterocycles. The van der Waals surface area contributed by atoms with Crippen LogP contribution in [-0.2, 0) is 18.4 Å². The van der Waals surface area contributed by atoms with Gasteiger partial charge in [-0.3, -0.25) is 4.79 Å². The number of rotatable bonds is 4. The fraction of sp³-hybridized carbons (Fsp3) is 0.138. The quantitative estimate of drug-likeness (QED) is 0.350. The Bertz CT molecular complexity index is 1390. The van der Waals surface area contributed by atoms with E-state index in [1.807, 2.05) is 59.4 Å². The third kappa shape index (κ3) is 3.18. The van der Waals surface area contributed by atoms with Gasteiger partial charge in [0, 0.05) is 12.0 Å². The zero-order valence-electron chi connectivity index (χ0n) is 18.2. The third-order valence-corrected chi connectivity index (χ3v) is 6.73. The van der Waals surface area contributed by atoms with Crippen molar-refractivity contribution in [1.29, 1.82) is 0 Å². The van der Waals surface area contributed by atoms with Crippen molar-refractivity contribution >= 4 is 16.8 Å². The molecule has 4 heteroatoms. The summed E-state index contributed by atoms with van der Waals surface area (Å²) >= 11 is 0. The van der Waals surface area contributed by atoms with Crippen LogP contribution in [0.1, 0.15) is 39.0 Å². The van der Waals surface area contributed by atoms with Crippen molar-refractivity contribution in [2.75, 3.05) is 0 Å². The second-order valence-corrected chi connectivity index (χ2v) is 8.62. The fourth-order valence-corrected chi connectivity index (χ4v) is 5.16. The van der Waals surface area contributed by atoms with Gasteiger partial charge in [0.15, 0.2) is 5.78 Å². The van der Waals surface area contributed by atoms with Crippen LogP contribution < -0.4 is 0 Å². The number of carbonyl (C=O) groups excluding carboxylic acids is 1. The molecule has 4 aromatic carbocycles. The van der Waals surface area contributed by atoms with Crippen molar-refractivity contribution in [3.63, 3.8) is 0 Å². The molecule has 0 N–H and O–H groups in total. The predicted molar refractivity (Wildman–Crippen MR) is 129 cm³/mol. The van der Waals surface area contributed by atoms with E-state index in [0.29, 0.717) is 5.56 Å². The number of carbonyl (C=O) groups is 1. The lowest BCUT2D eigenvalue weighted by Gasteiger charge is -2.35. The first kappa shape index (κ1) is 19.6. The highest BCUT2D eigenvalue weighted by molar-refractivity contribution is 5.97. The molecule has 0 amide bonds. The first-order valence-corrected chi connectivity index (χ1v) is 11.3. The number of fused-ring (bicyclic) bond motifs is 3. The van der Waals surface area contributed by atoms with E-state index in [9.17, 15) is 4.79 Å². The molecule has 5 aromatic rings. The number of Topliss-reactive ketones (excluding diaryl/α,β-unsaturated/α-hetero) is 1. The minimum atomic E-state index is -0.838. The topological polar surface area (TPSA) is 47.8 Å². The van der Waals surface area contributed by atoms with Crippen molar-refractivity contribution in [2.45, 2.75) is 24.8 Å². The monoisotopic (exact) mass is 429 g/mol. The van der Waals surface area contributed by atoms with Crippen LogP contribution >= 0.6 is 0 Å². The summed E-state index contributed by atoms with van der Waals surface area (Å²) in [5.74, 6) is 0.0727. The molecule has 0 spiro atoms. The lowest BCUT2D eigenvalue weighted by molar-refractivity contribution is 0.0940. The summed E-state index contributed by atoms with van der Waals surface area (Å²) in [6.45, 7) is 0. The Morgan fingerprint density at radius 3 is 1.73 bits per heavy atom. The van der Waals surface area contributed by atoms with Gasteiger partial charge in [0.05, 0.1) is 0 Å². The Morgan fingerprint density at radius 1 is 0.667 bits per heavy atom. The van der Waals surface area contributed by atoms with Crippen LogP contribution in [0.15, 0.2) is 103 Å². The second kappa shape index (κ2) is 7.82. The molecule has 1 heterocycles. The smallest absolute Gasteiger partial charge is 0.166 e. The Kier molecular flexibility index (Phi) is 4.65. The summed E-state index contributed by atoms with van der Waals surface area (Å²) < 4.78 is 0. The number of hydrogen-bond donors (Lipinski definition) is 0. The van der Waals surface area contributed by atoms with Crippen LogP contribution in [0.25, 0.3) is 11.0 Å². The van der Waals surface area contributed by atoms with E-state index in [4.69, 9.17) is 10.2 Å². The highest BCUT2D eigenvalue weighted by Gasteiger charge is 2.44. The van der Waals surface area contributed by atoms with Crippen LogP contribution in [0.2, 0.25) is 0 Å². The largest absolute Gasteiger partial charge is 0.294 e. The summed E-state index contributed by atoms with van der Waals surface area (Å²) in [6, 6.07) is 34.3. The SMILES string of the molecule is O=C(CC1(n2nc3ccccc3n2)c2ccccc2CCc2ccccc21)c1ccccc1. The van der Waals surface area contributed by atoms with Gasteiger partial charge in [-0.25, -0.2) is 0 Å². The molecule has 33 heavy (non-hydrogen) atoms. The Balaban J connectivity index is 1.68. The van der Waals surface area contributed by atoms with E-state index >= 15 is 0 Å². The molecule has 0 saturated carbocycles. The van der Waals surface area contributed by atoms with Crippen LogP contribution in [-0.4, -0.2) is 20.8 Å². The standard InChI is InChI=1S/C29H23N3O/c33-28(23-12-2-1-3-13-23)20-29(32-30-26-16-8-9-17-27(26)31-32)24-14-6-4-10-21(24)18-19-22-11-5-7-15-25(22)29/h1-17H,18-20H2. The summed E-state index contributed by atoms with van der Waals surface area (Å²) in [6.07, 6.45) is 2.07. The van der Waals surface area contributed by atoms with E-state index in [1.165, 1.54) is 11.1 Å². The van der Waals surface area contributed by atoms with Crippen molar-refractivity contribution in [3.8, 4) is 0 Å². The molecule has 6 rings (SSSR count). The molecule has 160 valence electrons. The normalized spacial score (nSPS) is 14.3. The molecule has 4 nitrogen and oxygen atoms in total. The number of nitrogens with zero attached hydrogens (tertiary/aromatic N) is 3. The van der Waals surface area contributed by atoms with Gasteiger partial charge in [-0.05, 0) is 47.2 Å². The van der Waals surface area contributed by atoms with E-state index in [2.05, 4.69) is 48.5 Å². The molecule has 0 saturated heterocycles. The predicted octanol–water partition coefficient (Wildman–Crippen LogP) is 5.59. The van der Waals surface area contributed by atoms with Gasteiger partial charge in [0.25, 0.3) is 0 Å². The zero-order valence-corrected chi connectivity index (χ0v) is 18.2. The van der Waals surface area contributed by atoms with Gasteiger partial charge >= 0.3 is 0 Å². The average molecular weight is 430 g/mol. The minimum Gasteiger partial charge on any atom is -0.294 e. The van der Waals surface area contributed by atoms with E-state index < -0.39 is 5.54 Å². The third-order valence-electron chi connectivity index (χ3n) is 6.73. The number of aryl methyl sites for hydroxylation is 2. The molecular weight excluding hydrogens is 406 g/mol. The van der Waals surface area contributed by atoms with Gasteiger partial charge in [-0.1, -0.05) is 91.0 Å². The maximum Gasteiger partial charge on any atom is 0.166 e. The highest BCUT2D eigenvalue weighted by atomic mass is 16.1. The summed E-state index contributed by atoms with van der Waals surface area (Å²) in [7, 11) is 0. The maximum absolute atomic E-state index is 13.8. The zero-order chi connectivity index (χ0) is 22.3. The lowest BCUT2D eigenvalue weighted by atomic mass is 9.76. The van der Waals surface area contributed by atoms with E-state index in [0.717, 1.165) is 35.0 Å². The second-order valence-electron chi connectivity index (χ2n) is 8.62. The molecule has 1 aromatic heterocycles. The molecule has 0 radical (unpaired) electrons. The van der Waals surface area contributed by atoms with Crippen molar-refractivity contribution < 1.29 is 4.79 Å². The number of aromatic nitrogens is 3. The van der Waals surface area contributed by atoms with Crippen LogP contribution in [0.4, 0.5) is 0 Å². The maximum atomic E-state index is 13.8. The van der Waals surface area contributed by atoms with Gasteiger partial charge in [0.2, 0.25) is 0 Å². The van der Waals surface area contributed by atoms with E-state index in [-0.39, 0.29) is 12.2 Å². The van der Waals surface area contributed by atoms with Gasteiger partial charge < -0.3 is 0 Å². The van der Waals surface area contributed by atoms with Crippen molar-refractivity contribution in [1.82, 2.24) is 15.0 Å². The molecule has 0 fully saturated rings. The van der Waals surface area contributed by atoms with Crippen LogP contribution in [0.5, 0.6) is 0 Å². The number of hydrogen-bond acceptors (Lipinski definition) is 3. The Hall–Kier alpha value is -4.05. The van der Waals surface area contributed by atoms with Gasteiger partial charge in [-0.2, -0.15) is 15.0 Å². The molecule has 0 atom stereocenters. The van der Waals surface area contributed by atoms with Crippen molar-refractivity contribution in [2.24, 2.45) is 0 Å². The fourth-order valence-electron chi connectivity index (χ4n) is 5.16. The molecule has 0 bridgehead atoms. The van der Waals surface area contributed by atoms with Crippen LogP contribution in [0.3, 0.4) is 0 Å².